The van der Waals surface area contributed by atoms with E-state index in [2.05, 4.69) is 16.0 Å². The third kappa shape index (κ3) is 12.0. The minimum Gasteiger partial charge on any atom is -0.489 e. The third-order valence-electron chi connectivity index (χ3n) is 6.30. The van der Waals surface area contributed by atoms with Crippen molar-refractivity contribution in [2.75, 3.05) is 11.6 Å². The summed E-state index contributed by atoms with van der Waals surface area (Å²) in [5, 5.41) is 8.41. The maximum atomic E-state index is 13.5. The lowest BCUT2D eigenvalue weighted by Gasteiger charge is -2.27. The summed E-state index contributed by atoms with van der Waals surface area (Å²) >= 11 is 1.61. The molecule has 9 heteroatoms. The highest BCUT2D eigenvalue weighted by Crippen LogP contribution is 2.19. The average Bonchev–Trinajstić information content (AvgIpc) is 2.96. The van der Waals surface area contributed by atoms with Gasteiger partial charge in [-0.3, -0.25) is 4.79 Å². The molecule has 3 aromatic rings. The van der Waals surface area contributed by atoms with E-state index in [1.165, 1.54) is 0 Å². The van der Waals surface area contributed by atoms with E-state index >= 15 is 0 Å². The molecule has 0 aliphatic rings. The van der Waals surface area contributed by atoms with Gasteiger partial charge in [-0.1, -0.05) is 56.3 Å². The zero-order valence-electron chi connectivity index (χ0n) is 25.8. The molecule has 0 aliphatic carbocycles. The van der Waals surface area contributed by atoms with Crippen molar-refractivity contribution in [1.82, 2.24) is 10.6 Å². The molecule has 0 aromatic heterocycles. The molecule has 0 spiro atoms. The van der Waals surface area contributed by atoms with Crippen LogP contribution in [0.15, 0.2) is 83.8 Å². The fourth-order valence-corrected chi connectivity index (χ4v) is 4.65. The van der Waals surface area contributed by atoms with E-state index in [0.717, 1.165) is 16.0 Å². The molecule has 2 unspecified atom stereocenters. The predicted molar refractivity (Wildman–Crippen MR) is 172 cm³/mol. The number of benzene rings is 3. The Labute approximate surface area is 259 Å². The molecule has 0 aliphatic heterocycles. The number of carbonyl (C=O) groups excluding carboxylic acids is 3. The van der Waals surface area contributed by atoms with E-state index in [4.69, 9.17) is 9.47 Å². The van der Waals surface area contributed by atoms with Gasteiger partial charge in [-0.05, 0) is 86.9 Å². The summed E-state index contributed by atoms with van der Waals surface area (Å²) in [4.78, 5) is 40.6. The number of esters is 1. The summed E-state index contributed by atoms with van der Waals surface area (Å²) in [6, 6.07) is 22.4. The predicted octanol–water partition coefficient (Wildman–Crippen LogP) is 6.59. The van der Waals surface area contributed by atoms with Gasteiger partial charge >= 0.3 is 12.0 Å². The second-order valence-corrected chi connectivity index (χ2v) is 12.6. The van der Waals surface area contributed by atoms with Crippen LogP contribution in [0.2, 0.25) is 0 Å². The van der Waals surface area contributed by atoms with Gasteiger partial charge in [0.25, 0.3) is 0 Å². The van der Waals surface area contributed by atoms with Crippen LogP contribution in [0.4, 0.5) is 10.5 Å². The SMILES string of the molecule is CSc1ccc(NC(=O)NC(CC(C)C)C(=O)NC(Cc2ccc(OCc3ccccc3)cc2)C(=O)OC(C)(C)C)cc1. The molecule has 0 bridgehead atoms. The smallest absolute Gasteiger partial charge is 0.329 e. The van der Waals surface area contributed by atoms with Gasteiger partial charge in [0.05, 0.1) is 0 Å². The first-order valence-electron chi connectivity index (χ1n) is 14.4. The van der Waals surface area contributed by atoms with Crippen LogP contribution in [0.1, 0.15) is 52.2 Å². The van der Waals surface area contributed by atoms with Crippen LogP contribution < -0.4 is 20.7 Å². The molecule has 43 heavy (non-hydrogen) atoms. The topological polar surface area (TPSA) is 106 Å². The maximum Gasteiger partial charge on any atom is 0.329 e. The summed E-state index contributed by atoms with van der Waals surface area (Å²) in [7, 11) is 0. The fourth-order valence-electron chi connectivity index (χ4n) is 4.24. The number of hydrogen-bond acceptors (Lipinski definition) is 6. The molecule has 0 fully saturated rings. The molecule has 0 saturated heterocycles. The summed E-state index contributed by atoms with van der Waals surface area (Å²) in [6.07, 6.45) is 2.58. The lowest BCUT2D eigenvalue weighted by atomic mass is 10.0. The number of hydrogen-bond donors (Lipinski definition) is 3. The van der Waals surface area contributed by atoms with E-state index in [1.807, 2.05) is 86.8 Å². The van der Waals surface area contributed by atoms with Crippen LogP contribution in [0.3, 0.4) is 0 Å². The molecule has 230 valence electrons. The van der Waals surface area contributed by atoms with Crippen LogP contribution in [0.5, 0.6) is 5.75 Å². The summed E-state index contributed by atoms with van der Waals surface area (Å²) in [6.45, 7) is 9.71. The Morgan fingerprint density at radius 1 is 0.814 bits per heavy atom. The number of rotatable bonds is 13. The van der Waals surface area contributed by atoms with Gasteiger partial charge in [-0.25, -0.2) is 9.59 Å². The first-order chi connectivity index (χ1) is 20.4. The molecular formula is C34H43N3O5S. The monoisotopic (exact) mass is 605 g/mol. The molecule has 3 rings (SSSR count). The first-order valence-corrected chi connectivity index (χ1v) is 15.6. The Morgan fingerprint density at radius 3 is 2.05 bits per heavy atom. The van der Waals surface area contributed by atoms with Crippen LogP contribution in [0, 0.1) is 5.92 Å². The van der Waals surface area contributed by atoms with Crippen LogP contribution in [0.25, 0.3) is 0 Å². The zero-order chi connectivity index (χ0) is 31.4. The Balaban J connectivity index is 1.69. The van der Waals surface area contributed by atoms with E-state index < -0.39 is 35.6 Å². The second-order valence-electron chi connectivity index (χ2n) is 11.7. The van der Waals surface area contributed by atoms with Crippen molar-refractivity contribution in [3.05, 3.63) is 90.0 Å². The Hall–Kier alpha value is -3.98. The lowest BCUT2D eigenvalue weighted by Crippen LogP contribution is -2.54. The second kappa shape index (κ2) is 16.0. The van der Waals surface area contributed by atoms with E-state index in [0.29, 0.717) is 24.5 Å². The lowest BCUT2D eigenvalue weighted by molar-refractivity contribution is -0.158. The van der Waals surface area contributed by atoms with Gasteiger partial charge < -0.3 is 25.4 Å². The minimum atomic E-state index is -0.957. The molecule has 3 aromatic carbocycles. The highest BCUT2D eigenvalue weighted by atomic mass is 32.2. The van der Waals surface area contributed by atoms with Crippen LogP contribution in [-0.2, 0) is 27.4 Å². The molecular weight excluding hydrogens is 562 g/mol. The highest BCUT2D eigenvalue weighted by molar-refractivity contribution is 7.98. The number of nitrogens with one attached hydrogen (secondary N) is 3. The molecule has 8 nitrogen and oxygen atoms in total. The molecule has 0 heterocycles. The molecule has 0 saturated carbocycles. The van der Waals surface area contributed by atoms with Gasteiger partial charge in [0.1, 0.15) is 30.0 Å². The largest absolute Gasteiger partial charge is 0.489 e. The molecule has 0 radical (unpaired) electrons. The molecule has 3 N–H and O–H groups in total. The van der Waals surface area contributed by atoms with Crippen molar-refractivity contribution < 1.29 is 23.9 Å². The molecule has 3 amide bonds. The van der Waals surface area contributed by atoms with Crippen molar-refractivity contribution >= 4 is 35.4 Å². The van der Waals surface area contributed by atoms with Crippen LogP contribution in [-0.4, -0.2) is 41.8 Å². The average molecular weight is 606 g/mol. The number of urea groups is 1. The van der Waals surface area contributed by atoms with Crippen molar-refractivity contribution in [2.24, 2.45) is 5.92 Å². The van der Waals surface area contributed by atoms with E-state index in [9.17, 15) is 14.4 Å². The number of ether oxygens (including phenoxy) is 2. The number of thioether (sulfide) groups is 1. The zero-order valence-corrected chi connectivity index (χ0v) is 26.6. The Kier molecular flexibility index (Phi) is 12.5. The normalized spacial score (nSPS) is 12.6. The molecule has 2 atom stereocenters. The number of anilines is 1. The summed E-state index contributed by atoms with van der Waals surface area (Å²) in [5.74, 6) is -0.201. The number of amides is 3. The van der Waals surface area contributed by atoms with E-state index in [1.54, 1.807) is 44.7 Å². The standard InChI is InChI=1S/C34H43N3O5S/c1-23(2)20-29(37-33(40)35-26-14-18-28(43-6)19-15-26)31(38)36-30(32(39)42-34(3,4)5)21-24-12-16-27(17-13-24)41-22-25-10-8-7-9-11-25/h7-19,23,29-30H,20-22H2,1-6H3,(H,36,38)(H2,35,37,40). The van der Waals surface area contributed by atoms with Crippen molar-refractivity contribution in [3.63, 3.8) is 0 Å². The van der Waals surface area contributed by atoms with Gasteiger partial charge in [0, 0.05) is 17.0 Å². The maximum absolute atomic E-state index is 13.5. The summed E-state index contributed by atoms with van der Waals surface area (Å²) in [5.41, 5.74) is 1.76. The summed E-state index contributed by atoms with van der Waals surface area (Å²) < 4.78 is 11.5. The Bertz CT molecular complexity index is 1320. The fraction of sp³-hybridized carbons (Fsp3) is 0.382. The van der Waals surface area contributed by atoms with Gasteiger partial charge in [0.15, 0.2) is 0 Å². The van der Waals surface area contributed by atoms with Gasteiger partial charge in [-0.2, -0.15) is 0 Å². The number of carbonyl (C=O) groups is 3. The van der Waals surface area contributed by atoms with Gasteiger partial charge in [-0.15, -0.1) is 11.8 Å². The van der Waals surface area contributed by atoms with Crippen molar-refractivity contribution in [3.8, 4) is 5.75 Å². The third-order valence-corrected chi connectivity index (χ3v) is 7.04. The van der Waals surface area contributed by atoms with E-state index in [-0.39, 0.29) is 12.3 Å². The van der Waals surface area contributed by atoms with Gasteiger partial charge in [0.2, 0.25) is 5.91 Å². The first kappa shape index (κ1) is 33.5. The quantitative estimate of drug-likeness (QED) is 0.150. The van der Waals surface area contributed by atoms with Crippen molar-refractivity contribution in [2.45, 2.75) is 76.6 Å². The Morgan fingerprint density at radius 2 is 1.47 bits per heavy atom. The van der Waals surface area contributed by atoms with Crippen LogP contribution >= 0.6 is 11.8 Å². The highest BCUT2D eigenvalue weighted by Gasteiger charge is 2.30. The minimum absolute atomic E-state index is 0.111. The van der Waals surface area contributed by atoms with Crippen molar-refractivity contribution in [1.29, 1.82) is 0 Å².